The summed E-state index contributed by atoms with van der Waals surface area (Å²) in [6, 6.07) is 21.3. The molecule has 6 rings (SSSR count). The van der Waals surface area contributed by atoms with Crippen molar-refractivity contribution in [2.75, 3.05) is 26.7 Å². The van der Waals surface area contributed by atoms with Crippen LogP contribution in [0.5, 0.6) is 28.2 Å². The lowest BCUT2D eigenvalue weighted by Gasteiger charge is -2.29. The SMILES string of the molecule is CCC(O)(CCc1ccc(O)c(OC)c1)C(F)(F)F.CCC(O)(CCc1ccc(Oc2nc3c(SC)cccc3s2)c(OC)c1)C(F)(F)F.CSc1cccc2sc(Cl)nc12. The maximum Gasteiger partial charge on any atom is 0.417 e. The van der Waals surface area contributed by atoms with Gasteiger partial charge in [0.05, 0.1) is 34.7 Å². The summed E-state index contributed by atoms with van der Waals surface area (Å²) in [5.41, 5.74) is -2.31. The first kappa shape index (κ1) is 50.0. The zero-order chi connectivity index (χ0) is 45.2. The minimum Gasteiger partial charge on any atom is -0.504 e. The van der Waals surface area contributed by atoms with Crippen LogP contribution in [0.15, 0.2) is 82.6 Å². The summed E-state index contributed by atoms with van der Waals surface area (Å²) in [6.07, 6.45) is -6.85. The van der Waals surface area contributed by atoms with Crippen LogP contribution in [0.25, 0.3) is 20.4 Å². The summed E-state index contributed by atoms with van der Waals surface area (Å²) in [5.74, 6) is 0.939. The second kappa shape index (κ2) is 21.6. The molecule has 0 aliphatic carbocycles. The van der Waals surface area contributed by atoms with E-state index >= 15 is 0 Å². The monoisotopic (exact) mass is 950 g/mol. The van der Waals surface area contributed by atoms with Crippen molar-refractivity contribution in [2.45, 2.75) is 85.7 Å². The number of halogens is 7. The van der Waals surface area contributed by atoms with Gasteiger partial charge in [-0.05, 0) is 111 Å². The van der Waals surface area contributed by atoms with Crippen LogP contribution in [0.2, 0.25) is 4.47 Å². The van der Waals surface area contributed by atoms with Crippen LogP contribution >= 0.6 is 57.8 Å². The third-order valence-electron chi connectivity index (χ3n) is 9.71. The van der Waals surface area contributed by atoms with E-state index in [-0.39, 0.29) is 24.3 Å². The molecule has 6 aromatic rings. The lowest BCUT2D eigenvalue weighted by atomic mass is 9.91. The number of hydrogen-bond acceptors (Lipinski definition) is 12. The summed E-state index contributed by atoms with van der Waals surface area (Å²) >= 11 is 12.0. The van der Waals surface area contributed by atoms with Gasteiger partial charge in [-0.3, -0.25) is 0 Å². The van der Waals surface area contributed by atoms with E-state index in [0.29, 0.717) is 32.3 Å². The van der Waals surface area contributed by atoms with E-state index in [0.717, 1.165) is 25.3 Å². The summed E-state index contributed by atoms with van der Waals surface area (Å²) in [4.78, 5) is 11.0. The average Bonchev–Trinajstić information content (AvgIpc) is 3.84. The van der Waals surface area contributed by atoms with Crippen molar-refractivity contribution >= 4 is 78.2 Å². The third kappa shape index (κ3) is 12.7. The van der Waals surface area contributed by atoms with E-state index in [1.165, 1.54) is 73.8 Å². The number of hydrogen-bond donors (Lipinski definition) is 3. The number of aryl methyl sites for hydroxylation is 2. The van der Waals surface area contributed by atoms with Gasteiger partial charge in [-0.2, -0.15) is 26.3 Å². The standard InChI is InChI=1S/C21H22F3NO3S2.C13H17F3O3.C8H6ClNS2/c1-4-20(26,21(22,23)24)11-10-13-8-9-14(15(12-13)27-2)28-19-25-18-16(29-3)6-5-7-17(18)30-19;1-3-12(18,13(14,15)16)7-6-9-4-5-10(17)11(8-9)19-2;1-11-5-3-2-4-6-7(5)10-8(9)12-6/h5-9,12,26H,4,10-11H2,1-3H3;4-5,8,17-18H,3,6-7H2,1-2H3;2-4H,1H3. The highest BCUT2D eigenvalue weighted by Gasteiger charge is 2.52. The van der Waals surface area contributed by atoms with Gasteiger partial charge in [-0.15, -0.1) is 34.9 Å². The first-order chi connectivity index (χ1) is 28.7. The van der Waals surface area contributed by atoms with Crippen molar-refractivity contribution in [3.8, 4) is 28.2 Å². The highest BCUT2D eigenvalue weighted by molar-refractivity contribution is 7.99. The molecule has 19 heteroatoms. The van der Waals surface area contributed by atoms with Gasteiger partial charge in [0.2, 0.25) is 0 Å². The molecule has 0 bridgehead atoms. The smallest absolute Gasteiger partial charge is 0.417 e. The number of nitrogens with zero attached hydrogens (tertiary/aromatic N) is 2. The Kier molecular flexibility index (Phi) is 17.7. The van der Waals surface area contributed by atoms with Gasteiger partial charge in [0.15, 0.2) is 38.7 Å². The van der Waals surface area contributed by atoms with Crippen LogP contribution in [-0.2, 0) is 12.8 Å². The van der Waals surface area contributed by atoms with Crippen molar-refractivity contribution in [2.24, 2.45) is 0 Å². The molecule has 0 amide bonds. The van der Waals surface area contributed by atoms with Crippen molar-refractivity contribution in [1.82, 2.24) is 9.97 Å². The normalized spacial score (nSPS) is 13.7. The van der Waals surface area contributed by atoms with Crippen LogP contribution in [0.4, 0.5) is 26.3 Å². The van der Waals surface area contributed by atoms with E-state index in [9.17, 15) is 41.7 Å². The number of fused-ring (bicyclic) bond motifs is 2. The Labute approximate surface area is 371 Å². The molecule has 332 valence electrons. The molecule has 0 fully saturated rings. The number of aromatic hydroxyl groups is 1. The number of ether oxygens (including phenoxy) is 3. The van der Waals surface area contributed by atoms with E-state index in [1.54, 1.807) is 41.7 Å². The Balaban J connectivity index is 0.000000224. The van der Waals surface area contributed by atoms with Gasteiger partial charge in [-0.25, -0.2) is 9.97 Å². The number of phenolic OH excluding ortho intramolecular Hbond substituents is 1. The molecule has 2 atom stereocenters. The van der Waals surface area contributed by atoms with Crippen LogP contribution in [-0.4, -0.2) is 75.6 Å². The molecule has 0 radical (unpaired) electrons. The number of thioether (sulfide) groups is 2. The molecular weight excluding hydrogens is 906 g/mol. The van der Waals surface area contributed by atoms with Crippen molar-refractivity contribution in [3.05, 3.63) is 88.4 Å². The van der Waals surface area contributed by atoms with Crippen molar-refractivity contribution in [1.29, 1.82) is 0 Å². The fraction of sp³-hybridized carbons (Fsp3) is 0.381. The molecule has 0 saturated heterocycles. The molecule has 2 unspecified atom stereocenters. The molecular formula is C42H45ClF6N2O6S4. The Morgan fingerprint density at radius 3 is 1.61 bits per heavy atom. The predicted molar refractivity (Wildman–Crippen MR) is 235 cm³/mol. The highest BCUT2D eigenvalue weighted by Crippen LogP contribution is 2.41. The van der Waals surface area contributed by atoms with Gasteiger partial charge in [0.25, 0.3) is 5.19 Å². The number of aromatic nitrogens is 2. The number of phenols is 1. The maximum atomic E-state index is 13.1. The molecule has 4 aromatic carbocycles. The van der Waals surface area contributed by atoms with E-state index in [2.05, 4.69) is 16.0 Å². The maximum absolute atomic E-state index is 13.1. The van der Waals surface area contributed by atoms with Gasteiger partial charge < -0.3 is 29.5 Å². The van der Waals surface area contributed by atoms with Gasteiger partial charge in [0, 0.05) is 9.79 Å². The molecule has 3 N–H and O–H groups in total. The highest BCUT2D eigenvalue weighted by atomic mass is 35.5. The number of alkyl halides is 6. The van der Waals surface area contributed by atoms with Crippen molar-refractivity contribution in [3.63, 3.8) is 0 Å². The molecule has 0 aliphatic heterocycles. The van der Waals surface area contributed by atoms with Crippen molar-refractivity contribution < 1.29 is 55.9 Å². The Morgan fingerprint density at radius 2 is 1.13 bits per heavy atom. The first-order valence-corrected chi connectivity index (χ1v) is 23.0. The van der Waals surface area contributed by atoms with Crippen LogP contribution in [0.3, 0.4) is 0 Å². The van der Waals surface area contributed by atoms with E-state index in [4.69, 9.17) is 25.8 Å². The second-order valence-electron chi connectivity index (χ2n) is 13.4. The molecule has 0 spiro atoms. The number of rotatable bonds is 14. The molecule has 0 aliphatic rings. The lowest BCUT2D eigenvalue weighted by Crippen LogP contribution is -2.44. The number of methoxy groups -OCH3 is 2. The van der Waals surface area contributed by atoms with Gasteiger partial charge >= 0.3 is 12.4 Å². The Hall–Kier alpha value is -3.65. The molecule has 0 saturated carbocycles. The number of aliphatic hydroxyl groups is 2. The first-order valence-electron chi connectivity index (χ1n) is 18.6. The van der Waals surface area contributed by atoms with E-state index < -0.39 is 49.2 Å². The summed E-state index contributed by atoms with van der Waals surface area (Å²) in [6.45, 7) is 2.62. The minimum atomic E-state index is -4.67. The molecule has 8 nitrogen and oxygen atoms in total. The summed E-state index contributed by atoms with van der Waals surface area (Å²) < 4.78 is 96.3. The number of benzene rings is 4. The number of thiazole rings is 2. The fourth-order valence-corrected chi connectivity index (χ4v) is 9.00. The Bertz CT molecular complexity index is 2360. The third-order valence-corrected chi connectivity index (χ3v) is 13.3. The lowest BCUT2D eigenvalue weighted by molar-refractivity contribution is -0.263. The van der Waals surface area contributed by atoms with Crippen LogP contribution < -0.4 is 14.2 Å². The zero-order valence-electron chi connectivity index (χ0n) is 33.9. The predicted octanol–water partition coefficient (Wildman–Crippen LogP) is 13.2. The summed E-state index contributed by atoms with van der Waals surface area (Å²) in [5, 5.41) is 29.3. The molecule has 2 aromatic heterocycles. The molecule has 2 heterocycles. The van der Waals surface area contributed by atoms with E-state index in [1.807, 2.05) is 42.8 Å². The second-order valence-corrected chi connectivity index (χ2v) is 17.7. The largest absolute Gasteiger partial charge is 0.504 e. The summed E-state index contributed by atoms with van der Waals surface area (Å²) in [7, 11) is 2.82. The zero-order valence-corrected chi connectivity index (χ0v) is 37.9. The van der Waals surface area contributed by atoms with Gasteiger partial charge in [0.1, 0.15) is 0 Å². The quantitative estimate of drug-likeness (QED) is 0.0720. The van der Waals surface area contributed by atoms with Crippen LogP contribution in [0.1, 0.15) is 50.7 Å². The molecule has 61 heavy (non-hydrogen) atoms. The van der Waals surface area contributed by atoms with Gasteiger partial charge in [-0.1, -0.05) is 61.1 Å². The average molecular weight is 952 g/mol. The fourth-order valence-electron chi connectivity index (χ4n) is 5.84. The van der Waals surface area contributed by atoms with Crippen LogP contribution in [0, 0.1) is 0 Å². The topological polar surface area (TPSA) is 114 Å². The Morgan fingerprint density at radius 1 is 0.656 bits per heavy atom. The number of para-hydroxylation sites is 2. The minimum absolute atomic E-state index is 0.0422.